The molecule has 0 saturated heterocycles. The maximum absolute atomic E-state index is 12.6. The van der Waals surface area contributed by atoms with E-state index < -0.39 is 18.1 Å². The van der Waals surface area contributed by atoms with Gasteiger partial charge in [-0.25, -0.2) is 4.98 Å². The van der Waals surface area contributed by atoms with Crippen LogP contribution in [0, 0.1) is 5.92 Å². The second-order valence-corrected chi connectivity index (χ2v) is 4.47. The number of aromatic nitrogens is 2. The van der Waals surface area contributed by atoms with E-state index in [-0.39, 0.29) is 32.2 Å². The fourth-order valence-electron chi connectivity index (χ4n) is 2.13. The number of alkyl halides is 3. The van der Waals surface area contributed by atoms with Gasteiger partial charge in [-0.3, -0.25) is 4.79 Å². The van der Waals surface area contributed by atoms with Gasteiger partial charge >= 0.3 is 12.1 Å². The molecule has 0 bridgehead atoms. The third-order valence-electron chi connectivity index (χ3n) is 3.10. The molecule has 1 unspecified atom stereocenters. The lowest BCUT2D eigenvalue weighted by Gasteiger charge is -2.25. The minimum absolute atomic E-state index is 0.0544. The number of imidazole rings is 1. The quantitative estimate of drug-likeness (QED) is 0.906. The molecule has 0 spiro atoms. The molecule has 4 nitrogen and oxygen atoms in total. The monoisotopic (exact) mass is 262 g/mol. The van der Waals surface area contributed by atoms with Crippen LogP contribution in [0.2, 0.25) is 0 Å². The number of carboxylic acid groups (broad SMARTS) is 1. The van der Waals surface area contributed by atoms with Crippen molar-refractivity contribution >= 4 is 5.97 Å². The number of halogens is 3. The normalized spacial score (nSPS) is 19.6. The number of rotatable bonds is 3. The molecule has 1 atom stereocenters. The average Bonchev–Trinajstić information content (AvgIpc) is 2.66. The van der Waals surface area contributed by atoms with E-state index >= 15 is 0 Å². The molecule has 1 aliphatic heterocycles. The maximum Gasteiger partial charge on any atom is 0.393 e. The van der Waals surface area contributed by atoms with Crippen molar-refractivity contribution in [3.8, 4) is 0 Å². The highest BCUT2D eigenvalue weighted by molar-refractivity contribution is 5.66. The molecule has 0 amide bonds. The van der Waals surface area contributed by atoms with Crippen LogP contribution in [0.4, 0.5) is 13.2 Å². The zero-order chi connectivity index (χ0) is 13.3. The van der Waals surface area contributed by atoms with Crippen LogP contribution in [-0.4, -0.2) is 26.8 Å². The van der Waals surface area contributed by atoms with Gasteiger partial charge in [0.05, 0.1) is 18.0 Å². The predicted octanol–water partition coefficient (Wildman–Crippen LogP) is 2.03. The fourth-order valence-corrected chi connectivity index (χ4v) is 2.13. The zero-order valence-corrected chi connectivity index (χ0v) is 9.57. The molecule has 100 valence electrons. The van der Waals surface area contributed by atoms with Crippen LogP contribution >= 0.6 is 0 Å². The van der Waals surface area contributed by atoms with E-state index in [0.29, 0.717) is 11.5 Å². The number of aryl methyl sites for hydroxylation is 2. The van der Waals surface area contributed by atoms with Gasteiger partial charge in [0.15, 0.2) is 0 Å². The lowest BCUT2D eigenvalue weighted by molar-refractivity contribution is -0.182. The average molecular weight is 262 g/mol. The SMILES string of the molecule is O=C(O)CCc1cn2c(n1)CCC(C(F)(F)F)C2. The van der Waals surface area contributed by atoms with Crippen LogP contribution in [0.3, 0.4) is 0 Å². The summed E-state index contributed by atoms with van der Waals surface area (Å²) in [6.07, 6.45) is -2.10. The predicted molar refractivity (Wildman–Crippen MR) is 56.0 cm³/mol. The molecule has 1 aliphatic rings. The third kappa shape index (κ3) is 2.83. The van der Waals surface area contributed by atoms with Crippen molar-refractivity contribution in [3.63, 3.8) is 0 Å². The van der Waals surface area contributed by atoms with E-state index in [1.165, 1.54) is 10.8 Å². The van der Waals surface area contributed by atoms with Crippen molar-refractivity contribution in [1.29, 1.82) is 0 Å². The van der Waals surface area contributed by atoms with Crippen molar-refractivity contribution in [2.45, 2.75) is 38.4 Å². The molecule has 1 aromatic heterocycles. The van der Waals surface area contributed by atoms with Crippen molar-refractivity contribution in [2.24, 2.45) is 5.92 Å². The van der Waals surface area contributed by atoms with Gasteiger partial charge in [-0.05, 0) is 6.42 Å². The summed E-state index contributed by atoms with van der Waals surface area (Å²) in [5.74, 6) is -1.64. The minimum Gasteiger partial charge on any atom is -0.481 e. The Morgan fingerprint density at radius 3 is 2.89 bits per heavy atom. The fraction of sp³-hybridized carbons (Fsp3) is 0.636. The molecule has 1 N–H and O–H groups in total. The first kappa shape index (κ1) is 12.9. The minimum atomic E-state index is -4.18. The molecule has 2 rings (SSSR count). The molecule has 7 heteroatoms. The summed E-state index contributed by atoms with van der Waals surface area (Å²) in [5.41, 5.74) is 0.551. The summed E-state index contributed by atoms with van der Waals surface area (Å²) >= 11 is 0. The number of aliphatic carboxylic acids is 1. The molecular formula is C11H13F3N2O2. The molecule has 1 aromatic rings. The van der Waals surface area contributed by atoms with E-state index in [9.17, 15) is 18.0 Å². The van der Waals surface area contributed by atoms with Gasteiger partial charge in [-0.15, -0.1) is 0 Å². The van der Waals surface area contributed by atoms with E-state index in [0.717, 1.165) is 0 Å². The molecule has 18 heavy (non-hydrogen) atoms. The Balaban J connectivity index is 2.07. The van der Waals surface area contributed by atoms with E-state index in [4.69, 9.17) is 5.11 Å². The first-order chi connectivity index (χ1) is 8.36. The number of carboxylic acids is 1. The highest BCUT2D eigenvalue weighted by Gasteiger charge is 2.41. The second-order valence-electron chi connectivity index (χ2n) is 4.47. The Labute approximate surface area is 101 Å². The number of carbonyl (C=O) groups is 1. The van der Waals surface area contributed by atoms with Crippen LogP contribution in [0.25, 0.3) is 0 Å². The number of fused-ring (bicyclic) bond motifs is 1. The molecule has 0 aromatic carbocycles. The van der Waals surface area contributed by atoms with Crippen LogP contribution in [0.15, 0.2) is 6.20 Å². The number of nitrogens with zero attached hydrogens (tertiary/aromatic N) is 2. The first-order valence-corrected chi connectivity index (χ1v) is 5.69. The Bertz CT molecular complexity index is 454. The highest BCUT2D eigenvalue weighted by Crippen LogP contribution is 2.34. The van der Waals surface area contributed by atoms with E-state index in [1.54, 1.807) is 0 Å². The van der Waals surface area contributed by atoms with Crippen LogP contribution in [0.1, 0.15) is 24.4 Å². The molecule has 2 heterocycles. The summed E-state index contributed by atoms with van der Waals surface area (Å²) in [6, 6.07) is 0. The van der Waals surface area contributed by atoms with Gasteiger partial charge < -0.3 is 9.67 Å². The van der Waals surface area contributed by atoms with Crippen LogP contribution in [-0.2, 0) is 24.2 Å². The largest absolute Gasteiger partial charge is 0.481 e. The Kier molecular flexibility index (Phi) is 3.32. The molecule has 0 fully saturated rings. The van der Waals surface area contributed by atoms with Crippen molar-refractivity contribution < 1.29 is 23.1 Å². The van der Waals surface area contributed by atoms with Gasteiger partial charge in [-0.1, -0.05) is 0 Å². The van der Waals surface area contributed by atoms with Gasteiger partial charge in [0, 0.05) is 25.6 Å². The molecule has 0 saturated carbocycles. The van der Waals surface area contributed by atoms with Gasteiger partial charge in [0.25, 0.3) is 0 Å². The molecular weight excluding hydrogens is 249 g/mol. The Morgan fingerprint density at radius 1 is 1.56 bits per heavy atom. The van der Waals surface area contributed by atoms with E-state index in [1.807, 2.05) is 0 Å². The third-order valence-corrected chi connectivity index (χ3v) is 3.10. The number of hydrogen-bond donors (Lipinski definition) is 1. The summed E-state index contributed by atoms with van der Waals surface area (Å²) in [4.78, 5) is 14.6. The van der Waals surface area contributed by atoms with Gasteiger partial charge in [0.2, 0.25) is 0 Å². The van der Waals surface area contributed by atoms with Gasteiger partial charge in [-0.2, -0.15) is 13.2 Å². The van der Waals surface area contributed by atoms with E-state index in [2.05, 4.69) is 4.98 Å². The first-order valence-electron chi connectivity index (χ1n) is 5.69. The maximum atomic E-state index is 12.6. The topological polar surface area (TPSA) is 55.1 Å². The van der Waals surface area contributed by atoms with Crippen LogP contribution in [0.5, 0.6) is 0 Å². The Hall–Kier alpha value is -1.53. The second kappa shape index (κ2) is 4.62. The Morgan fingerprint density at radius 2 is 2.28 bits per heavy atom. The smallest absolute Gasteiger partial charge is 0.393 e. The summed E-state index contributed by atoms with van der Waals surface area (Å²) in [6.45, 7) is -0.112. The standard InChI is InChI=1S/C11H13F3N2O2/c12-11(13,14)7-1-3-9-15-8(2-4-10(17)18)6-16(9)5-7/h6-7H,1-5H2,(H,17,18). The lowest BCUT2D eigenvalue weighted by Crippen LogP contribution is -2.31. The summed E-state index contributed by atoms with van der Waals surface area (Å²) < 4.78 is 39.3. The zero-order valence-electron chi connectivity index (χ0n) is 9.57. The molecule has 0 radical (unpaired) electrons. The van der Waals surface area contributed by atoms with Crippen molar-refractivity contribution in [3.05, 3.63) is 17.7 Å². The lowest BCUT2D eigenvalue weighted by atomic mass is 9.99. The number of hydrogen-bond acceptors (Lipinski definition) is 2. The summed E-state index contributed by atoms with van der Waals surface area (Å²) in [7, 11) is 0. The van der Waals surface area contributed by atoms with Gasteiger partial charge in [0.1, 0.15) is 5.82 Å². The van der Waals surface area contributed by atoms with Crippen molar-refractivity contribution in [2.75, 3.05) is 0 Å². The molecule has 0 aliphatic carbocycles. The summed E-state index contributed by atoms with van der Waals surface area (Å²) in [5, 5.41) is 8.54. The van der Waals surface area contributed by atoms with Crippen LogP contribution < -0.4 is 0 Å². The van der Waals surface area contributed by atoms with Crippen molar-refractivity contribution in [1.82, 2.24) is 9.55 Å². The highest BCUT2D eigenvalue weighted by atomic mass is 19.4.